The Morgan fingerprint density at radius 2 is 1.81 bits per heavy atom. The van der Waals surface area contributed by atoms with Gasteiger partial charge in [-0.2, -0.15) is 5.10 Å². The van der Waals surface area contributed by atoms with Crippen LogP contribution in [0.2, 0.25) is 0 Å². The fourth-order valence-corrected chi connectivity index (χ4v) is 4.58. The molecule has 0 aliphatic carbocycles. The summed E-state index contributed by atoms with van der Waals surface area (Å²) < 4.78 is 27.2. The second-order valence-electron chi connectivity index (χ2n) is 6.86. The van der Waals surface area contributed by atoms with E-state index in [0.717, 1.165) is 22.8 Å². The number of piperidine rings is 1. The van der Waals surface area contributed by atoms with Crippen molar-refractivity contribution in [1.29, 1.82) is 0 Å². The van der Waals surface area contributed by atoms with E-state index in [9.17, 15) is 13.2 Å². The lowest BCUT2D eigenvalue weighted by Crippen LogP contribution is -2.42. The highest BCUT2D eigenvalue weighted by atomic mass is 32.2. The summed E-state index contributed by atoms with van der Waals surface area (Å²) in [5.41, 5.74) is 3.30. The molecule has 27 heavy (non-hydrogen) atoms. The van der Waals surface area contributed by atoms with E-state index < -0.39 is 10.0 Å². The number of carbonyl (C=O) groups is 1. The summed E-state index contributed by atoms with van der Waals surface area (Å²) in [6.07, 6.45) is 1.08. The van der Waals surface area contributed by atoms with Crippen LogP contribution in [0.4, 0.5) is 5.69 Å². The first-order valence-corrected chi connectivity index (χ1v) is 10.8. The number of benzene rings is 1. The van der Waals surface area contributed by atoms with Gasteiger partial charge in [-0.3, -0.25) is 4.79 Å². The van der Waals surface area contributed by atoms with E-state index in [1.54, 1.807) is 6.92 Å². The highest BCUT2D eigenvalue weighted by Gasteiger charge is 2.30. The number of carbonyl (C=O) groups excluding carboxylic acids is 1. The average molecular weight is 391 g/mol. The Bertz CT molecular complexity index is 914. The van der Waals surface area contributed by atoms with Gasteiger partial charge in [-0.15, -0.1) is 0 Å². The molecule has 2 heterocycles. The van der Waals surface area contributed by atoms with E-state index in [-0.39, 0.29) is 17.6 Å². The molecule has 1 aliphatic heterocycles. The Kier molecular flexibility index (Phi) is 5.67. The second kappa shape index (κ2) is 7.82. The fraction of sp³-hybridized carbons (Fsp3) is 0.474. The number of sulfonamides is 1. The number of hydrogen-bond donors (Lipinski definition) is 1. The molecule has 1 aliphatic rings. The van der Waals surface area contributed by atoms with Crippen molar-refractivity contribution in [2.24, 2.45) is 5.92 Å². The van der Waals surface area contributed by atoms with E-state index in [1.807, 2.05) is 48.9 Å². The van der Waals surface area contributed by atoms with Crippen LogP contribution in [0.5, 0.6) is 0 Å². The van der Waals surface area contributed by atoms with Crippen molar-refractivity contribution in [3.8, 4) is 5.69 Å². The highest BCUT2D eigenvalue weighted by molar-refractivity contribution is 7.89. The van der Waals surface area contributed by atoms with Crippen molar-refractivity contribution >= 4 is 21.6 Å². The van der Waals surface area contributed by atoms with Crippen LogP contribution in [0.15, 0.2) is 30.3 Å². The van der Waals surface area contributed by atoms with Crippen molar-refractivity contribution < 1.29 is 13.2 Å². The lowest BCUT2D eigenvalue weighted by atomic mass is 9.97. The molecule has 1 saturated heterocycles. The molecule has 7 nitrogen and oxygen atoms in total. The van der Waals surface area contributed by atoms with Crippen LogP contribution >= 0.6 is 0 Å². The monoisotopic (exact) mass is 390 g/mol. The van der Waals surface area contributed by atoms with Gasteiger partial charge in [0.15, 0.2) is 0 Å². The van der Waals surface area contributed by atoms with Gasteiger partial charge in [0.2, 0.25) is 15.9 Å². The molecular formula is C19H26N4O3S. The van der Waals surface area contributed by atoms with Crippen LogP contribution in [-0.4, -0.2) is 47.3 Å². The lowest BCUT2D eigenvalue weighted by molar-refractivity contribution is -0.120. The molecule has 1 N–H and O–H groups in total. The number of hydrogen-bond acceptors (Lipinski definition) is 4. The molecule has 1 amide bonds. The van der Waals surface area contributed by atoms with Gasteiger partial charge in [0.25, 0.3) is 0 Å². The molecule has 0 unspecified atom stereocenters. The van der Waals surface area contributed by atoms with Gasteiger partial charge >= 0.3 is 0 Å². The molecule has 0 spiro atoms. The smallest absolute Gasteiger partial charge is 0.227 e. The number of rotatable bonds is 5. The first kappa shape index (κ1) is 19.6. The summed E-state index contributed by atoms with van der Waals surface area (Å²) in [6, 6.07) is 9.77. The second-order valence-corrected chi connectivity index (χ2v) is 9.11. The molecule has 2 aromatic rings. The molecule has 1 aromatic carbocycles. The predicted octanol–water partition coefficient (Wildman–Crippen LogP) is 2.49. The van der Waals surface area contributed by atoms with E-state index in [2.05, 4.69) is 10.4 Å². The van der Waals surface area contributed by atoms with E-state index in [1.165, 1.54) is 4.31 Å². The van der Waals surface area contributed by atoms with Gasteiger partial charge < -0.3 is 5.32 Å². The zero-order valence-corrected chi connectivity index (χ0v) is 16.8. The van der Waals surface area contributed by atoms with Crippen LogP contribution in [0.1, 0.15) is 31.2 Å². The third-order valence-corrected chi connectivity index (χ3v) is 7.00. The third-order valence-electron chi connectivity index (χ3n) is 5.12. The summed E-state index contributed by atoms with van der Waals surface area (Å²) in [5.74, 6) is -0.157. The van der Waals surface area contributed by atoms with Crippen molar-refractivity contribution in [3.63, 3.8) is 0 Å². The number of nitrogens with zero attached hydrogens (tertiary/aromatic N) is 3. The molecule has 8 heteroatoms. The summed E-state index contributed by atoms with van der Waals surface area (Å²) >= 11 is 0. The topological polar surface area (TPSA) is 84.3 Å². The van der Waals surface area contributed by atoms with E-state index in [0.29, 0.717) is 25.9 Å². The van der Waals surface area contributed by atoms with Crippen LogP contribution in [0.25, 0.3) is 5.69 Å². The maximum absolute atomic E-state index is 12.7. The van der Waals surface area contributed by atoms with Crippen LogP contribution in [0, 0.1) is 19.8 Å². The lowest BCUT2D eigenvalue weighted by Gasteiger charge is -2.30. The molecule has 0 saturated carbocycles. The Hall–Kier alpha value is -2.19. The van der Waals surface area contributed by atoms with Crippen LogP contribution in [0.3, 0.4) is 0 Å². The molecule has 1 fully saturated rings. The van der Waals surface area contributed by atoms with Gasteiger partial charge in [-0.1, -0.05) is 18.2 Å². The maximum Gasteiger partial charge on any atom is 0.227 e. The van der Waals surface area contributed by atoms with E-state index in [4.69, 9.17) is 0 Å². The van der Waals surface area contributed by atoms with Crippen molar-refractivity contribution in [1.82, 2.24) is 14.1 Å². The van der Waals surface area contributed by atoms with Crippen molar-refractivity contribution in [2.45, 2.75) is 33.6 Å². The summed E-state index contributed by atoms with van der Waals surface area (Å²) in [6.45, 7) is 6.24. The Morgan fingerprint density at radius 1 is 1.19 bits per heavy atom. The molecule has 1 aromatic heterocycles. The van der Waals surface area contributed by atoms with Crippen molar-refractivity contribution in [2.75, 3.05) is 24.2 Å². The minimum atomic E-state index is -3.18. The number of para-hydroxylation sites is 1. The Morgan fingerprint density at radius 3 is 2.41 bits per heavy atom. The third kappa shape index (κ3) is 4.06. The van der Waals surface area contributed by atoms with Crippen molar-refractivity contribution in [3.05, 3.63) is 41.7 Å². The normalized spacial score (nSPS) is 16.4. The standard InChI is InChI=1S/C19H26N4O3S/c1-4-27(25,26)22-12-10-16(11-13-22)19(24)20-18-14(2)21-23(15(18)3)17-8-6-5-7-9-17/h5-9,16H,4,10-13H2,1-3H3,(H,20,24). The zero-order valence-electron chi connectivity index (χ0n) is 16.0. The summed E-state index contributed by atoms with van der Waals surface area (Å²) in [4.78, 5) is 12.7. The van der Waals surface area contributed by atoms with E-state index >= 15 is 0 Å². The average Bonchev–Trinajstić information content (AvgIpc) is 2.97. The molecule has 0 bridgehead atoms. The number of nitrogens with one attached hydrogen (secondary N) is 1. The molecule has 0 radical (unpaired) electrons. The fourth-order valence-electron chi connectivity index (χ4n) is 3.45. The Balaban J connectivity index is 1.70. The molecular weight excluding hydrogens is 364 g/mol. The van der Waals surface area contributed by atoms with Crippen LogP contribution in [-0.2, 0) is 14.8 Å². The number of anilines is 1. The first-order valence-electron chi connectivity index (χ1n) is 9.23. The molecule has 3 rings (SSSR count). The molecule has 0 atom stereocenters. The minimum absolute atomic E-state index is 0.0673. The zero-order chi connectivity index (χ0) is 19.6. The quantitative estimate of drug-likeness (QED) is 0.850. The van der Waals surface area contributed by atoms with Gasteiger partial charge in [-0.25, -0.2) is 17.4 Å². The predicted molar refractivity (Wildman–Crippen MR) is 105 cm³/mol. The van der Waals surface area contributed by atoms with Gasteiger partial charge in [0.1, 0.15) is 0 Å². The summed E-state index contributed by atoms with van der Waals surface area (Å²) in [5, 5.41) is 7.56. The van der Waals surface area contributed by atoms with Crippen LogP contribution < -0.4 is 5.32 Å². The largest absolute Gasteiger partial charge is 0.323 e. The summed E-state index contributed by atoms with van der Waals surface area (Å²) in [7, 11) is -3.18. The Labute approximate surface area is 160 Å². The number of aromatic nitrogens is 2. The van der Waals surface area contributed by atoms with Gasteiger partial charge in [0.05, 0.1) is 28.5 Å². The SMILES string of the molecule is CCS(=O)(=O)N1CCC(C(=O)Nc2c(C)nn(-c3ccccc3)c2C)CC1. The molecule has 146 valence electrons. The van der Waals surface area contributed by atoms with Gasteiger partial charge in [-0.05, 0) is 45.7 Å². The first-order chi connectivity index (χ1) is 12.8. The minimum Gasteiger partial charge on any atom is -0.323 e. The maximum atomic E-state index is 12.7. The highest BCUT2D eigenvalue weighted by Crippen LogP contribution is 2.26. The van der Waals surface area contributed by atoms with Gasteiger partial charge in [0, 0.05) is 19.0 Å². The number of amides is 1. The number of aryl methyl sites for hydroxylation is 1.